The molecule has 0 aromatic heterocycles. The third-order valence-electron chi connectivity index (χ3n) is 6.56. The van der Waals surface area contributed by atoms with E-state index in [0.29, 0.717) is 32.4 Å². The lowest BCUT2D eigenvalue weighted by atomic mass is 10.0. The van der Waals surface area contributed by atoms with Crippen LogP contribution in [0.2, 0.25) is 0 Å². The number of carbonyl (C=O) groups excluding carboxylic acids is 3. The van der Waals surface area contributed by atoms with Crippen LogP contribution in [-0.4, -0.2) is 67.6 Å². The summed E-state index contributed by atoms with van der Waals surface area (Å²) in [5.74, 6) is -3.95. The standard InChI is InChI=1S/C29H56N2O6.C2HF3O2/c1-2-3-4-5-6-7-8-9-10-11-12-13-14-15-16-19-27(32)35-24-26(37-29(34)21-18-23-31)25-36-28(33)20-17-22-30;3-2(4,5)1(6)7/h26H,2-25,30-31H2,1H3;(H,6,7). The Morgan fingerprint density at radius 3 is 1.25 bits per heavy atom. The maximum atomic E-state index is 12.1. The fraction of sp³-hybridized carbons (Fsp3) is 0.871. The average molecular weight is 643 g/mol. The average Bonchev–Trinajstić information content (AvgIpc) is 2.98. The highest BCUT2D eigenvalue weighted by atomic mass is 19.4. The summed E-state index contributed by atoms with van der Waals surface area (Å²) in [6.07, 6.45) is 14.9. The molecular formula is C31H57F3N2O8. The molecule has 1 atom stereocenters. The molecule has 0 aliphatic heterocycles. The highest BCUT2D eigenvalue weighted by Gasteiger charge is 2.38. The quantitative estimate of drug-likeness (QED) is 0.0521. The molecule has 5 N–H and O–H groups in total. The van der Waals surface area contributed by atoms with Crippen LogP contribution in [0, 0.1) is 0 Å². The Balaban J connectivity index is 0. The molecule has 0 saturated carbocycles. The fourth-order valence-corrected chi connectivity index (χ4v) is 4.01. The predicted molar refractivity (Wildman–Crippen MR) is 162 cm³/mol. The van der Waals surface area contributed by atoms with Gasteiger partial charge in [-0.1, -0.05) is 96.8 Å². The van der Waals surface area contributed by atoms with E-state index < -0.39 is 30.2 Å². The number of nitrogens with two attached hydrogens (primary N) is 2. The van der Waals surface area contributed by atoms with E-state index >= 15 is 0 Å². The zero-order chi connectivity index (χ0) is 33.5. The molecule has 0 amide bonds. The number of carboxylic acid groups (broad SMARTS) is 1. The molecule has 0 aromatic rings. The van der Waals surface area contributed by atoms with Crippen LogP contribution in [-0.2, 0) is 33.4 Å². The number of rotatable bonds is 27. The zero-order valence-corrected chi connectivity index (χ0v) is 26.6. The van der Waals surface area contributed by atoms with Crippen molar-refractivity contribution in [3.63, 3.8) is 0 Å². The van der Waals surface area contributed by atoms with Crippen molar-refractivity contribution in [2.45, 2.75) is 148 Å². The SMILES string of the molecule is CCCCCCCCCCCCCCCCCC(=O)OCC(COC(=O)CCCN)OC(=O)CCCN.O=C(O)C(F)(F)F. The van der Waals surface area contributed by atoms with E-state index in [9.17, 15) is 27.6 Å². The Morgan fingerprint density at radius 2 is 0.909 bits per heavy atom. The summed E-state index contributed by atoms with van der Waals surface area (Å²) in [6.45, 7) is 2.75. The number of esters is 3. The van der Waals surface area contributed by atoms with Gasteiger partial charge in [-0.3, -0.25) is 14.4 Å². The molecule has 0 radical (unpaired) electrons. The second kappa shape index (κ2) is 30.6. The number of aliphatic carboxylic acids is 1. The second-order valence-corrected chi connectivity index (χ2v) is 10.8. The van der Waals surface area contributed by atoms with Gasteiger partial charge in [0.15, 0.2) is 6.10 Å². The lowest BCUT2D eigenvalue weighted by molar-refractivity contribution is -0.192. The molecular weight excluding hydrogens is 585 g/mol. The van der Waals surface area contributed by atoms with Gasteiger partial charge in [-0.15, -0.1) is 0 Å². The number of hydrogen-bond donors (Lipinski definition) is 3. The first kappa shape index (κ1) is 43.7. The smallest absolute Gasteiger partial charge is 0.475 e. The molecule has 0 heterocycles. The first-order valence-corrected chi connectivity index (χ1v) is 16.2. The third kappa shape index (κ3) is 32.5. The van der Waals surface area contributed by atoms with Crippen molar-refractivity contribution in [1.82, 2.24) is 0 Å². The molecule has 0 bridgehead atoms. The number of unbranched alkanes of at least 4 members (excludes halogenated alkanes) is 14. The van der Waals surface area contributed by atoms with Gasteiger partial charge in [0.1, 0.15) is 13.2 Å². The molecule has 0 aromatic carbocycles. The van der Waals surface area contributed by atoms with Crippen molar-refractivity contribution in [2.75, 3.05) is 26.3 Å². The number of carbonyl (C=O) groups is 4. The minimum atomic E-state index is -5.08. The first-order chi connectivity index (χ1) is 21.0. The largest absolute Gasteiger partial charge is 0.490 e. The Hall–Kier alpha value is -2.41. The molecule has 0 rings (SSSR count). The number of halogens is 3. The Morgan fingerprint density at radius 1 is 0.591 bits per heavy atom. The van der Waals surface area contributed by atoms with Crippen LogP contribution >= 0.6 is 0 Å². The lowest BCUT2D eigenvalue weighted by Crippen LogP contribution is -2.31. The molecule has 1 unspecified atom stereocenters. The fourth-order valence-electron chi connectivity index (χ4n) is 4.01. The minimum absolute atomic E-state index is 0.129. The van der Waals surface area contributed by atoms with Crippen molar-refractivity contribution < 1.29 is 51.7 Å². The summed E-state index contributed by atoms with van der Waals surface area (Å²) in [7, 11) is 0. The summed E-state index contributed by atoms with van der Waals surface area (Å²) >= 11 is 0. The van der Waals surface area contributed by atoms with Crippen molar-refractivity contribution >= 4 is 23.9 Å². The number of hydrogen-bond acceptors (Lipinski definition) is 9. The Bertz CT molecular complexity index is 739. The molecule has 0 aliphatic rings. The van der Waals surface area contributed by atoms with Crippen LogP contribution in [0.3, 0.4) is 0 Å². The van der Waals surface area contributed by atoms with Crippen molar-refractivity contribution in [3.05, 3.63) is 0 Å². The normalized spacial score (nSPS) is 11.7. The van der Waals surface area contributed by atoms with Gasteiger partial charge in [-0.25, -0.2) is 4.79 Å². The van der Waals surface area contributed by atoms with E-state index in [0.717, 1.165) is 19.3 Å². The maximum Gasteiger partial charge on any atom is 0.490 e. The molecule has 260 valence electrons. The summed E-state index contributed by atoms with van der Waals surface area (Å²) < 4.78 is 47.5. The van der Waals surface area contributed by atoms with Crippen LogP contribution in [0.4, 0.5) is 13.2 Å². The summed E-state index contributed by atoms with van der Waals surface area (Å²) in [5, 5.41) is 7.12. The van der Waals surface area contributed by atoms with E-state index in [1.54, 1.807) is 0 Å². The van der Waals surface area contributed by atoms with Crippen LogP contribution in [0.1, 0.15) is 135 Å². The topological polar surface area (TPSA) is 168 Å². The minimum Gasteiger partial charge on any atom is -0.475 e. The van der Waals surface area contributed by atoms with E-state index in [-0.39, 0.29) is 32.0 Å². The molecule has 44 heavy (non-hydrogen) atoms. The summed E-state index contributed by atoms with van der Waals surface area (Å²) in [6, 6.07) is 0. The van der Waals surface area contributed by atoms with Crippen molar-refractivity contribution in [3.8, 4) is 0 Å². The highest BCUT2D eigenvalue weighted by Crippen LogP contribution is 2.14. The Labute approximate surface area is 261 Å². The van der Waals surface area contributed by atoms with Crippen LogP contribution in [0.15, 0.2) is 0 Å². The first-order valence-electron chi connectivity index (χ1n) is 16.2. The third-order valence-corrected chi connectivity index (χ3v) is 6.56. The van der Waals surface area contributed by atoms with Gasteiger partial charge in [0.05, 0.1) is 0 Å². The summed E-state index contributed by atoms with van der Waals surface area (Å²) in [5.41, 5.74) is 10.8. The predicted octanol–water partition coefficient (Wildman–Crippen LogP) is 6.36. The van der Waals surface area contributed by atoms with E-state index in [1.807, 2.05) is 0 Å². The van der Waals surface area contributed by atoms with Gasteiger partial charge in [0.2, 0.25) is 0 Å². The molecule has 0 spiro atoms. The van der Waals surface area contributed by atoms with Gasteiger partial charge < -0.3 is 30.8 Å². The van der Waals surface area contributed by atoms with Crippen molar-refractivity contribution in [2.24, 2.45) is 11.5 Å². The van der Waals surface area contributed by atoms with Gasteiger partial charge in [0.25, 0.3) is 0 Å². The second-order valence-electron chi connectivity index (χ2n) is 10.8. The molecule has 0 aliphatic carbocycles. The van der Waals surface area contributed by atoms with Crippen LogP contribution in [0.5, 0.6) is 0 Å². The lowest BCUT2D eigenvalue weighted by Gasteiger charge is -2.18. The van der Waals surface area contributed by atoms with E-state index in [2.05, 4.69) is 6.92 Å². The zero-order valence-electron chi connectivity index (χ0n) is 26.6. The van der Waals surface area contributed by atoms with E-state index in [1.165, 1.54) is 77.0 Å². The van der Waals surface area contributed by atoms with Crippen molar-refractivity contribution in [1.29, 1.82) is 0 Å². The number of ether oxygens (including phenoxy) is 3. The monoisotopic (exact) mass is 642 g/mol. The molecule has 13 heteroatoms. The highest BCUT2D eigenvalue weighted by molar-refractivity contribution is 5.73. The summed E-state index contributed by atoms with van der Waals surface area (Å²) in [4.78, 5) is 44.7. The van der Waals surface area contributed by atoms with Gasteiger partial charge in [-0.2, -0.15) is 13.2 Å². The van der Waals surface area contributed by atoms with E-state index in [4.69, 9.17) is 35.6 Å². The van der Waals surface area contributed by atoms with Crippen LogP contribution < -0.4 is 11.5 Å². The van der Waals surface area contributed by atoms with Gasteiger partial charge in [0, 0.05) is 19.3 Å². The molecule has 0 fully saturated rings. The Kier molecular flexibility index (Phi) is 30.4. The number of carboxylic acids is 1. The van der Waals surface area contributed by atoms with Gasteiger partial charge in [-0.05, 0) is 32.4 Å². The maximum absolute atomic E-state index is 12.1. The van der Waals surface area contributed by atoms with Crippen LogP contribution in [0.25, 0.3) is 0 Å². The number of alkyl halides is 3. The molecule has 0 saturated heterocycles. The van der Waals surface area contributed by atoms with Gasteiger partial charge >= 0.3 is 30.1 Å². The molecule has 10 nitrogen and oxygen atoms in total.